The standard InChI is InChI=1S/C14H18F3NO/c15-14(16,17)7-8-19-10-12-4-2-1-3-11(12)9-18-13-5-6-13/h1-4,13,18H,5-10H2. The minimum atomic E-state index is -4.15. The van der Waals surface area contributed by atoms with E-state index in [0.717, 1.165) is 17.7 Å². The van der Waals surface area contributed by atoms with E-state index in [1.54, 1.807) is 0 Å². The second-order valence-corrected chi connectivity index (χ2v) is 4.84. The third kappa shape index (κ3) is 5.61. The Labute approximate surface area is 111 Å². The number of hydrogen-bond acceptors (Lipinski definition) is 2. The predicted molar refractivity (Wildman–Crippen MR) is 66.6 cm³/mol. The molecule has 2 nitrogen and oxygen atoms in total. The van der Waals surface area contributed by atoms with Gasteiger partial charge in [0.25, 0.3) is 0 Å². The molecular weight excluding hydrogens is 255 g/mol. The topological polar surface area (TPSA) is 21.3 Å². The summed E-state index contributed by atoms with van der Waals surface area (Å²) in [5, 5.41) is 3.39. The quantitative estimate of drug-likeness (QED) is 0.769. The number of rotatable bonds is 7. The Hall–Kier alpha value is -1.07. The largest absolute Gasteiger partial charge is 0.391 e. The molecule has 1 fully saturated rings. The lowest BCUT2D eigenvalue weighted by Crippen LogP contribution is -2.17. The average molecular weight is 273 g/mol. The monoisotopic (exact) mass is 273 g/mol. The molecule has 0 radical (unpaired) electrons. The van der Waals surface area contributed by atoms with Gasteiger partial charge in [-0.25, -0.2) is 0 Å². The smallest absolute Gasteiger partial charge is 0.376 e. The molecular formula is C14H18F3NO. The SMILES string of the molecule is FC(F)(F)CCOCc1ccccc1CNC1CC1. The van der Waals surface area contributed by atoms with E-state index in [0.29, 0.717) is 6.04 Å². The van der Waals surface area contributed by atoms with Gasteiger partial charge < -0.3 is 10.1 Å². The highest BCUT2D eigenvalue weighted by molar-refractivity contribution is 5.26. The van der Waals surface area contributed by atoms with E-state index in [-0.39, 0.29) is 13.2 Å². The van der Waals surface area contributed by atoms with Crippen molar-refractivity contribution in [3.05, 3.63) is 35.4 Å². The summed E-state index contributed by atoms with van der Waals surface area (Å²) in [7, 11) is 0. The Morgan fingerprint density at radius 3 is 2.47 bits per heavy atom. The van der Waals surface area contributed by atoms with Crippen LogP contribution in [0.2, 0.25) is 0 Å². The summed E-state index contributed by atoms with van der Waals surface area (Å²) in [5.74, 6) is 0. The first-order valence-electron chi connectivity index (χ1n) is 6.49. The number of benzene rings is 1. The molecule has 0 amide bonds. The van der Waals surface area contributed by atoms with Gasteiger partial charge in [0.05, 0.1) is 19.6 Å². The molecule has 19 heavy (non-hydrogen) atoms. The number of alkyl halides is 3. The van der Waals surface area contributed by atoms with Crippen LogP contribution in [0, 0.1) is 0 Å². The highest BCUT2D eigenvalue weighted by atomic mass is 19.4. The van der Waals surface area contributed by atoms with Crippen molar-refractivity contribution in [2.45, 2.75) is 44.6 Å². The molecule has 1 aromatic rings. The Morgan fingerprint density at radius 2 is 1.84 bits per heavy atom. The minimum Gasteiger partial charge on any atom is -0.376 e. The first kappa shape index (κ1) is 14.3. The number of ether oxygens (including phenoxy) is 1. The van der Waals surface area contributed by atoms with E-state index < -0.39 is 12.6 Å². The van der Waals surface area contributed by atoms with Crippen LogP contribution in [-0.2, 0) is 17.9 Å². The molecule has 1 aliphatic carbocycles. The van der Waals surface area contributed by atoms with E-state index in [1.165, 1.54) is 12.8 Å². The van der Waals surface area contributed by atoms with Crippen molar-refractivity contribution in [2.75, 3.05) is 6.61 Å². The van der Waals surface area contributed by atoms with Gasteiger partial charge in [0.15, 0.2) is 0 Å². The second-order valence-electron chi connectivity index (χ2n) is 4.84. The number of halogens is 3. The highest BCUT2D eigenvalue weighted by Crippen LogP contribution is 2.21. The molecule has 0 aliphatic heterocycles. The predicted octanol–water partition coefficient (Wildman–Crippen LogP) is 3.41. The molecule has 0 bridgehead atoms. The molecule has 1 N–H and O–H groups in total. The van der Waals surface area contributed by atoms with Crippen molar-refractivity contribution in [1.82, 2.24) is 5.32 Å². The summed E-state index contributed by atoms with van der Waals surface area (Å²) in [6.45, 7) is 0.704. The molecule has 0 spiro atoms. The Morgan fingerprint density at radius 1 is 1.16 bits per heavy atom. The van der Waals surface area contributed by atoms with Gasteiger partial charge >= 0.3 is 6.18 Å². The molecule has 1 aliphatic rings. The van der Waals surface area contributed by atoms with Gasteiger partial charge in [-0.1, -0.05) is 24.3 Å². The van der Waals surface area contributed by atoms with Gasteiger partial charge in [0.1, 0.15) is 0 Å². The van der Waals surface area contributed by atoms with E-state index in [1.807, 2.05) is 24.3 Å². The van der Waals surface area contributed by atoms with Crippen LogP contribution in [0.1, 0.15) is 30.4 Å². The van der Waals surface area contributed by atoms with E-state index in [2.05, 4.69) is 5.32 Å². The Kier molecular flexibility index (Phi) is 4.82. The Balaban J connectivity index is 1.77. The van der Waals surface area contributed by atoms with Crippen LogP contribution in [0.4, 0.5) is 13.2 Å². The molecule has 2 rings (SSSR count). The summed E-state index contributed by atoms with van der Waals surface area (Å²) < 4.78 is 41.1. The molecule has 0 saturated heterocycles. The van der Waals surface area contributed by atoms with E-state index in [4.69, 9.17) is 4.74 Å². The van der Waals surface area contributed by atoms with Crippen molar-refractivity contribution < 1.29 is 17.9 Å². The fraction of sp³-hybridized carbons (Fsp3) is 0.571. The average Bonchev–Trinajstić information content (AvgIpc) is 3.16. The van der Waals surface area contributed by atoms with Crippen LogP contribution >= 0.6 is 0 Å². The number of nitrogens with one attached hydrogen (secondary N) is 1. The van der Waals surface area contributed by atoms with Gasteiger partial charge in [-0.15, -0.1) is 0 Å². The van der Waals surface area contributed by atoms with Crippen LogP contribution in [-0.4, -0.2) is 18.8 Å². The third-order valence-corrected chi connectivity index (χ3v) is 3.06. The fourth-order valence-electron chi connectivity index (χ4n) is 1.78. The van der Waals surface area contributed by atoms with Crippen LogP contribution in [0.5, 0.6) is 0 Å². The highest BCUT2D eigenvalue weighted by Gasteiger charge is 2.26. The summed E-state index contributed by atoms with van der Waals surface area (Å²) in [4.78, 5) is 0. The molecule has 1 aromatic carbocycles. The first-order valence-corrected chi connectivity index (χ1v) is 6.49. The molecule has 0 unspecified atom stereocenters. The van der Waals surface area contributed by atoms with Crippen molar-refractivity contribution >= 4 is 0 Å². The van der Waals surface area contributed by atoms with Gasteiger partial charge in [0, 0.05) is 12.6 Å². The van der Waals surface area contributed by atoms with Crippen molar-refractivity contribution in [3.8, 4) is 0 Å². The van der Waals surface area contributed by atoms with Gasteiger partial charge in [-0.2, -0.15) is 13.2 Å². The van der Waals surface area contributed by atoms with Gasteiger partial charge in [-0.05, 0) is 24.0 Å². The van der Waals surface area contributed by atoms with E-state index >= 15 is 0 Å². The maximum absolute atomic E-state index is 12.0. The van der Waals surface area contributed by atoms with Crippen molar-refractivity contribution in [3.63, 3.8) is 0 Å². The number of hydrogen-bond donors (Lipinski definition) is 1. The minimum absolute atomic E-state index is 0.235. The summed E-state index contributed by atoms with van der Waals surface area (Å²) >= 11 is 0. The zero-order chi connectivity index (χ0) is 13.7. The summed E-state index contributed by atoms with van der Waals surface area (Å²) in [6.07, 6.45) is -2.61. The molecule has 106 valence electrons. The first-order chi connectivity index (χ1) is 9.04. The summed E-state index contributed by atoms with van der Waals surface area (Å²) in [6, 6.07) is 8.31. The molecule has 0 atom stereocenters. The van der Waals surface area contributed by atoms with Crippen LogP contribution < -0.4 is 5.32 Å². The van der Waals surface area contributed by atoms with Crippen molar-refractivity contribution in [2.24, 2.45) is 0 Å². The van der Waals surface area contributed by atoms with Crippen LogP contribution in [0.15, 0.2) is 24.3 Å². The fourth-order valence-corrected chi connectivity index (χ4v) is 1.78. The zero-order valence-corrected chi connectivity index (χ0v) is 10.7. The van der Waals surface area contributed by atoms with Gasteiger partial charge in [0.2, 0.25) is 0 Å². The maximum Gasteiger partial charge on any atom is 0.391 e. The second kappa shape index (κ2) is 6.39. The Bertz CT molecular complexity index is 402. The van der Waals surface area contributed by atoms with E-state index in [9.17, 15) is 13.2 Å². The van der Waals surface area contributed by atoms with Crippen LogP contribution in [0.25, 0.3) is 0 Å². The third-order valence-electron chi connectivity index (χ3n) is 3.06. The van der Waals surface area contributed by atoms with Crippen LogP contribution in [0.3, 0.4) is 0 Å². The lowest BCUT2D eigenvalue weighted by atomic mass is 10.1. The normalized spacial score (nSPS) is 15.7. The zero-order valence-electron chi connectivity index (χ0n) is 10.7. The lowest BCUT2D eigenvalue weighted by molar-refractivity contribution is -0.146. The molecule has 1 saturated carbocycles. The summed E-state index contributed by atoms with van der Waals surface area (Å²) in [5.41, 5.74) is 2.05. The van der Waals surface area contributed by atoms with Gasteiger partial charge in [-0.3, -0.25) is 0 Å². The molecule has 0 aromatic heterocycles. The molecule has 0 heterocycles. The lowest BCUT2D eigenvalue weighted by Gasteiger charge is -2.11. The maximum atomic E-state index is 12.0. The van der Waals surface area contributed by atoms with Crippen molar-refractivity contribution in [1.29, 1.82) is 0 Å². The molecule has 5 heteroatoms.